The van der Waals surface area contributed by atoms with Gasteiger partial charge in [-0.1, -0.05) is 32.1 Å². The van der Waals surface area contributed by atoms with E-state index in [1.54, 1.807) is 0 Å². The van der Waals surface area contributed by atoms with E-state index in [0.29, 0.717) is 5.92 Å². The fourth-order valence-corrected chi connectivity index (χ4v) is 2.94. The van der Waals surface area contributed by atoms with E-state index in [0.717, 1.165) is 31.4 Å². The van der Waals surface area contributed by atoms with Crippen molar-refractivity contribution in [3.05, 3.63) is 34.1 Å². The van der Waals surface area contributed by atoms with Crippen LogP contribution in [0.5, 0.6) is 0 Å². The van der Waals surface area contributed by atoms with Gasteiger partial charge < -0.3 is 10.1 Å². The molecule has 0 radical (unpaired) electrons. The summed E-state index contributed by atoms with van der Waals surface area (Å²) >= 11 is 0. The third kappa shape index (κ3) is 6.13. The predicted molar refractivity (Wildman–Crippen MR) is 88.5 cm³/mol. The topological polar surface area (TPSA) is 98.5 Å². The first-order chi connectivity index (χ1) is 12.0. The van der Waals surface area contributed by atoms with Gasteiger partial charge in [0.25, 0.3) is 5.91 Å². The molecule has 0 heterocycles. The summed E-state index contributed by atoms with van der Waals surface area (Å²) in [5.74, 6) is -1.51. The number of carbonyl (C=O) groups excluding carboxylic acids is 2. The molecule has 7 nitrogen and oxygen atoms in total. The minimum atomic E-state index is -0.989. The molecule has 8 heteroatoms. The van der Waals surface area contributed by atoms with Crippen molar-refractivity contribution >= 4 is 23.3 Å². The summed E-state index contributed by atoms with van der Waals surface area (Å²) < 4.78 is 18.1. The fraction of sp³-hybridized carbons (Fsp3) is 0.529. The highest BCUT2D eigenvalue weighted by atomic mass is 19.1. The van der Waals surface area contributed by atoms with Crippen molar-refractivity contribution < 1.29 is 23.6 Å². The molecule has 1 aliphatic carbocycles. The van der Waals surface area contributed by atoms with Crippen molar-refractivity contribution in [2.75, 3.05) is 11.9 Å². The highest BCUT2D eigenvalue weighted by Gasteiger charge is 2.17. The number of carbonyl (C=O) groups is 2. The number of nitro groups is 1. The van der Waals surface area contributed by atoms with Crippen molar-refractivity contribution in [2.45, 2.75) is 44.9 Å². The van der Waals surface area contributed by atoms with Gasteiger partial charge in [0.05, 0.1) is 4.92 Å². The summed E-state index contributed by atoms with van der Waals surface area (Å²) in [6.45, 7) is -0.478. The maximum Gasteiger partial charge on any atom is 0.306 e. The van der Waals surface area contributed by atoms with Crippen LogP contribution in [0.4, 0.5) is 15.8 Å². The van der Waals surface area contributed by atoms with Crippen molar-refractivity contribution in [1.29, 1.82) is 0 Å². The monoisotopic (exact) mass is 352 g/mol. The van der Waals surface area contributed by atoms with Gasteiger partial charge in [0.2, 0.25) is 5.82 Å². The molecule has 0 bridgehead atoms. The van der Waals surface area contributed by atoms with Crippen LogP contribution in [-0.4, -0.2) is 23.4 Å². The SMILES string of the molecule is O=C(COC(=O)CCC1CCCCC1)Nc1ccc(F)c([N+](=O)[O-])c1. The Hall–Kier alpha value is -2.51. The van der Waals surface area contributed by atoms with E-state index in [-0.39, 0.29) is 12.1 Å². The Labute approximate surface area is 144 Å². The minimum absolute atomic E-state index is 0.0661. The lowest BCUT2D eigenvalue weighted by Gasteiger charge is -2.20. The molecule has 1 fully saturated rings. The van der Waals surface area contributed by atoms with E-state index in [1.165, 1.54) is 25.3 Å². The number of nitro benzene ring substituents is 1. The molecular formula is C17H21FN2O5. The zero-order chi connectivity index (χ0) is 18.2. The molecule has 1 amide bonds. The van der Waals surface area contributed by atoms with Crippen molar-refractivity contribution in [2.24, 2.45) is 5.92 Å². The van der Waals surface area contributed by atoms with E-state index in [9.17, 15) is 24.1 Å². The van der Waals surface area contributed by atoms with Crippen molar-refractivity contribution in [3.8, 4) is 0 Å². The summed E-state index contributed by atoms with van der Waals surface area (Å²) in [7, 11) is 0. The van der Waals surface area contributed by atoms with E-state index < -0.39 is 34.9 Å². The van der Waals surface area contributed by atoms with Crippen LogP contribution in [0, 0.1) is 21.8 Å². The zero-order valence-electron chi connectivity index (χ0n) is 13.8. The number of hydrogen-bond donors (Lipinski definition) is 1. The lowest BCUT2D eigenvalue weighted by molar-refractivity contribution is -0.387. The Kier molecular flexibility index (Phi) is 6.85. The van der Waals surface area contributed by atoms with E-state index >= 15 is 0 Å². The van der Waals surface area contributed by atoms with E-state index in [1.807, 2.05) is 0 Å². The highest BCUT2D eigenvalue weighted by molar-refractivity contribution is 5.93. The van der Waals surface area contributed by atoms with Crippen molar-refractivity contribution in [3.63, 3.8) is 0 Å². The van der Waals surface area contributed by atoms with Crippen LogP contribution in [0.15, 0.2) is 18.2 Å². The average molecular weight is 352 g/mol. The largest absolute Gasteiger partial charge is 0.456 e. The summed E-state index contributed by atoms with van der Waals surface area (Å²) in [4.78, 5) is 33.2. The third-order valence-corrected chi connectivity index (χ3v) is 4.27. The maximum absolute atomic E-state index is 13.2. The van der Waals surface area contributed by atoms with Crippen LogP contribution in [0.3, 0.4) is 0 Å². The van der Waals surface area contributed by atoms with Crippen LogP contribution in [0.1, 0.15) is 44.9 Å². The van der Waals surface area contributed by atoms with Crippen LogP contribution in [0.2, 0.25) is 0 Å². The quantitative estimate of drug-likeness (QED) is 0.459. The lowest BCUT2D eigenvalue weighted by atomic mass is 9.86. The van der Waals surface area contributed by atoms with Gasteiger partial charge in [-0.3, -0.25) is 19.7 Å². The number of nitrogens with zero attached hydrogens (tertiary/aromatic N) is 1. The zero-order valence-corrected chi connectivity index (χ0v) is 13.8. The van der Waals surface area contributed by atoms with Crippen LogP contribution in [0.25, 0.3) is 0 Å². The van der Waals surface area contributed by atoms with Gasteiger partial charge in [-0.15, -0.1) is 0 Å². The molecule has 2 rings (SSSR count). The van der Waals surface area contributed by atoms with Gasteiger partial charge in [-0.25, -0.2) is 0 Å². The molecule has 1 aliphatic rings. The highest BCUT2D eigenvalue weighted by Crippen LogP contribution is 2.27. The Morgan fingerprint density at radius 3 is 2.68 bits per heavy atom. The third-order valence-electron chi connectivity index (χ3n) is 4.27. The first kappa shape index (κ1) is 18.8. The Morgan fingerprint density at radius 1 is 1.28 bits per heavy atom. The number of nitrogens with one attached hydrogen (secondary N) is 1. The van der Waals surface area contributed by atoms with Crippen LogP contribution in [-0.2, 0) is 14.3 Å². The molecule has 1 aromatic carbocycles. The second-order valence-corrected chi connectivity index (χ2v) is 6.17. The Bertz CT molecular complexity index is 644. The smallest absolute Gasteiger partial charge is 0.306 e. The molecule has 0 spiro atoms. The number of hydrogen-bond acceptors (Lipinski definition) is 5. The number of anilines is 1. The number of halogens is 1. The molecule has 1 N–H and O–H groups in total. The summed E-state index contributed by atoms with van der Waals surface area (Å²) in [5.41, 5.74) is -0.668. The molecule has 0 aromatic heterocycles. The van der Waals surface area contributed by atoms with Crippen molar-refractivity contribution in [1.82, 2.24) is 0 Å². The minimum Gasteiger partial charge on any atom is -0.456 e. The standard InChI is InChI=1S/C17H21FN2O5/c18-14-8-7-13(10-15(14)20(23)24)19-16(21)11-25-17(22)9-6-12-4-2-1-3-5-12/h7-8,10,12H,1-6,9,11H2,(H,19,21). The van der Waals surface area contributed by atoms with Gasteiger partial charge in [-0.2, -0.15) is 4.39 Å². The molecule has 1 saturated carbocycles. The average Bonchev–Trinajstić information content (AvgIpc) is 2.60. The summed E-state index contributed by atoms with van der Waals surface area (Å²) in [6, 6.07) is 3.01. The van der Waals surface area contributed by atoms with Gasteiger partial charge >= 0.3 is 11.7 Å². The molecule has 0 unspecified atom stereocenters. The molecule has 136 valence electrons. The van der Waals surface area contributed by atoms with Crippen LogP contribution >= 0.6 is 0 Å². The molecule has 0 aliphatic heterocycles. The Balaban J connectivity index is 1.73. The molecule has 1 aromatic rings. The van der Waals surface area contributed by atoms with Gasteiger partial charge in [0.15, 0.2) is 6.61 Å². The lowest BCUT2D eigenvalue weighted by Crippen LogP contribution is -2.21. The molecule has 0 saturated heterocycles. The van der Waals surface area contributed by atoms with Gasteiger partial charge in [0, 0.05) is 18.2 Å². The number of rotatable bonds is 7. The number of esters is 1. The van der Waals surface area contributed by atoms with Gasteiger partial charge in [0.1, 0.15) is 0 Å². The molecule has 0 atom stereocenters. The first-order valence-electron chi connectivity index (χ1n) is 8.35. The molecule has 25 heavy (non-hydrogen) atoms. The normalized spacial score (nSPS) is 14.8. The van der Waals surface area contributed by atoms with Crippen LogP contribution < -0.4 is 5.32 Å². The summed E-state index contributed by atoms with van der Waals surface area (Å²) in [5, 5.41) is 13.0. The first-order valence-corrected chi connectivity index (χ1v) is 8.35. The maximum atomic E-state index is 13.2. The number of ether oxygens (including phenoxy) is 1. The fourth-order valence-electron chi connectivity index (χ4n) is 2.94. The Morgan fingerprint density at radius 2 is 2.00 bits per heavy atom. The number of benzene rings is 1. The second kappa shape index (κ2) is 9.10. The molecular weight excluding hydrogens is 331 g/mol. The van der Waals surface area contributed by atoms with Gasteiger partial charge in [-0.05, 0) is 24.5 Å². The number of amides is 1. The second-order valence-electron chi connectivity index (χ2n) is 6.17. The van der Waals surface area contributed by atoms with E-state index in [4.69, 9.17) is 4.74 Å². The predicted octanol–water partition coefficient (Wildman–Crippen LogP) is 3.58. The summed E-state index contributed by atoms with van der Waals surface area (Å²) in [6.07, 6.45) is 6.97. The van der Waals surface area contributed by atoms with E-state index in [2.05, 4.69) is 5.32 Å².